The predicted molar refractivity (Wildman–Crippen MR) is 83.9 cm³/mol. The standard InChI is InChI=1S/C16H13FN2OS/c1-20-14-4-2-3-12(17)15(14)16-19-13(9-21-16)10-5-7-11(18)8-6-10/h2-9H,18H2,1H3. The minimum atomic E-state index is -0.340. The van der Waals surface area contributed by atoms with Crippen LogP contribution in [0.4, 0.5) is 10.1 Å². The highest BCUT2D eigenvalue weighted by atomic mass is 32.1. The molecule has 5 heteroatoms. The normalized spacial score (nSPS) is 10.6. The van der Waals surface area contributed by atoms with Gasteiger partial charge in [0, 0.05) is 16.6 Å². The van der Waals surface area contributed by atoms with Crippen LogP contribution in [0, 0.1) is 5.82 Å². The van der Waals surface area contributed by atoms with Crippen molar-refractivity contribution in [3.05, 3.63) is 53.7 Å². The van der Waals surface area contributed by atoms with E-state index in [0.717, 1.165) is 11.3 Å². The van der Waals surface area contributed by atoms with Crippen LogP contribution in [0.5, 0.6) is 5.75 Å². The van der Waals surface area contributed by atoms with Crippen molar-refractivity contribution in [2.24, 2.45) is 0 Å². The fourth-order valence-electron chi connectivity index (χ4n) is 2.06. The van der Waals surface area contributed by atoms with Gasteiger partial charge in [-0.25, -0.2) is 9.37 Å². The average molecular weight is 300 g/mol. The smallest absolute Gasteiger partial charge is 0.137 e. The third-order valence-electron chi connectivity index (χ3n) is 3.12. The molecule has 2 N–H and O–H groups in total. The fourth-order valence-corrected chi connectivity index (χ4v) is 2.94. The molecule has 106 valence electrons. The molecule has 2 aromatic carbocycles. The first-order valence-corrected chi connectivity index (χ1v) is 7.21. The summed E-state index contributed by atoms with van der Waals surface area (Å²) in [5.74, 6) is 0.140. The van der Waals surface area contributed by atoms with Gasteiger partial charge in [0.05, 0.1) is 18.4 Å². The molecule has 0 amide bonds. The maximum atomic E-state index is 14.1. The Morgan fingerprint density at radius 1 is 1.14 bits per heavy atom. The molecule has 0 aliphatic rings. The molecular weight excluding hydrogens is 287 g/mol. The van der Waals surface area contributed by atoms with Crippen molar-refractivity contribution in [2.45, 2.75) is 0 Å². The maximum Gasteiger partial charge on any atom is 0.137 e. The van der Waals surface area contributed by atoms with Crippen LogP contribution in [0.15, 0.2) is 47.8 Å². The number of nitrogens with two attached hydrogens (primary N) is 1. The van der Waals surface area contributed by atoms with Crippen LogP contribution < -0.4 is 10.5 Å². The number of benzene rings is 2. The number of nitrogen functional groups attached to an aromatic ring is 1. The Kier molecular flexibility index (Phi) is 3.58. The summed E-state index contributed by atoms with van der Waals surface area (Å²) in [6.07, 6.45) is 0. The zero-order valence-electron chi connectivity index (χ0n) is 11.3. The number of hydrogen-bond acceptors (Lipinski definition) is 4. The summed E-state index contributed by atoms with van der Waals surface area (Å²) >= 11 is 1.38. The van der Waals surface area contributed by atoms with Crippen LogP contribution in [0.25, 0.3) is 21.8 Å². The van der Waals surface area contributed by atoms with Crippen molar-refractivity contribution in [2.75, 3.05) is 12.8 Å². The Morgan fingerprint density at radius 2 is 1.90 bits per heavy atom. The first-order valence-electron chi connectivity index (χ1n) is 6.33. The fraction of sp³-hybridized carbons (Fsp3) is 0.0625. The lowest BCUT2D eigenvalue weighted by atomic mass is 10.1. The molecule has 1 aromatic heterocycles. The number of hydrogen-bond donors (Lipinski definition) is 1. The van der Waals surface area contributed by atoms with E-state index >= 15 is 0 Å². The lowest BCUT2D eigenvalue weighted by Crippen LogP contribution is -1.91. The molecule has 0 bridgehead atoms. The summed E-state index contributed by atoms with van der Waals surface area (Å²) in [7, 11) is 1.52. The molecule has 0 aliphatic carbocycles. The lowest BCUT2D eigenvalue weighted by Gasteiger charge is -2.06. The molecule has 1 heterocycles. The van der Waals surface area contributed by atoms with Gasteiger partial charge in [0.15, 0.2) is 0 Å². The van der Waals surface area contributed by atoms with Gasteiger partial charge in [-0.15, -0.1) is 11.3 Å². The maximum absolute atomic E-state index is 14.1. The second-order valence-electron chi connectivity index (χ2n) is 4.48. The summed E-state index contributed by atoms with van der Waals surface area (Å²) < 4.78 is 19.3. The van der Waals surface area contributed by atoms with Crippen molar-refractivity contribution in [1.29, 1.82) is 0 Å². The van der Waals surface area contributed by atoms with Gasteiger partial charge in [-0.05, 0) is 24.3 Å². The number of ether oxygens (including phenoxy) is 1. The van der Waals surface area contributed by atoms with Crippen molar-refractivity contribution < 1.29 is 9.13 Å². The molecule has 21 heavy (non-hydrogen) atoms. The summed E-state index contributed by atoms with van der Waals surface area (Å²) in [6, 6.07) is 12.2. The minimum absolute atomic E-state index is 0.340. The topological polar surface area (TPSA) is 48.1 Å². The van der Waals surface area contributed by atoms with E-state index < -0.39 is 0 Å². The number of rotatable bonds is 3. The third-order valence-corrected chi connectivity index (χ3v) is 3.98. The van der Waals surface area contributed by atoms with E-state index in [1.807, 2.05) is 29.6 Å². The molecule has 0 fully saturated rings. The Labute approximate surface area is 125 Å². The molecule has 0 radical (unpaired) electrons. The Hall–Kier alpha value is -2.40. The van der Waals surface area contributed by atoms with Crippen LogP contribution in [0.2, 0.25) is 0 Å². The van der Waals surface area contributed by atoms with Crippen LogP contribution in [0.1, 0.15) is 0 Å². The van der Waals surface area contributed by atoms with Crippen LogP contribution in [0.3, 0.4) is 0 Å². The third kappa shape index (κ3) is 2.60. The van der Waals surface area contributed by atoms with Crippen molar-refractivity contribution in [3.63, 3.8) is 0 Å². The summed E-state index contributed by atoms with van der Waals surface area (Å²) in [4.78, 5) is 4.51. The van der Waals surface area contributed by atoms with E-state index in [1.54, 1.807) is 12.1 Å². The van der Waals surface area contributed by atoms with Gasteiger partial charge in [0.25, 0.3) is 0 Å². The summed E-state index contributed by atoms with van der Waals surface area (Å²) in [5, 5.41) is 2.49. The number of halogens is 1. The van der Waals surface area contributed by atoms with Gasteiger partial charge in [0.2, 0.25) is 0 Å². The number of thiazole rings is 1. The van der Waals surface area contributed by atoms with Gasteiger partial charge in [-0.1, -0.05) is 18.2 Å². The van der Waals surface area contributed by atoms with Gasteiger partial charge >= 0.3 is 0 Å². The monoisotopic (exact) mass is 300 g/mol. The summed E-state index contributed by atoms with van der Waals surface area (Å²) in [5.41, 5.74) is 8.51. The molecule has 0 spiro atoms. The van der Waals surface area contributed by atoms with Crippen molar-refractivity contribution in [3.8, 4) is 27.6 Å². The lowest BCUT2D eigenvalue weighted by molar-refractivity contribution is 0.413. The van der Waals surface area contributed by atoms with Crippen LogP contribution in [-0.2, 0) is 0 Å². The first-order chi connectivity index (χ1) is 10.2. The number of nitrogens with zero attached hydrogens (tertiary/aromatic N) is 1. The number of methoxy groups -OCH3 is 1. The Morgan fingerprint density at radius 3 is 2.62 bits per heavy atom. The summed E-state index contributed by atoms with van der Waals surface area (Å²) in [6.45, 7) is 0. The van der Waals surface area contributed by atoms with Gasteiger partial charge in [0.1, 0.15) is 16.6 Å². The minimum Gasteiger partial charge on any atom is -0.496 e. The largest absolute Gasteiger partial charge is 0.496 e. The average Bonchev–Trinajstić information content (AvgIpc) is 2.97. The van der Waals surface area contributed by atoms with E-state index in [-0.39, 0.29) is 5.82 Å². The molecule has 0 saturated carbocycles. The van der Waals surface area contributed by atoms with Crippen LogP contribution >= 0.6 is 11.3 Å². The van der Waals surface area contributed by atoms with E-state index in [2.05, 4.69) is 4.98 Å². The molecule has 3 nitrogen and oxygen atoms in total. The van der Waals surface area contributed by atoms with Gasteiger partial charge in [-0.3, -0.25) is 0 Å². The SMILES string of the molecule is COc1cccc(F)c1-c1nc(-c2ccc(N)cc2)cs1. The molecular formula is C16H13FN2OS. The van der Waals surface area contributed by atoms with E-state index in [9.17, 15) is 4.39 Å². The first kappa shape index (κ1) is 13.6. The van der Waals surface area contributed by atoms with E-state index in [0.29, 0.717) is 22.0 Å². The molecule has 0 atom stereocenters. The van der Waals surface area contributed by atoms with E-state index in [1.165, 1.54) is 24.5 Å². The highest BCUT2D eigenvalue weighted by Gasteiger charge is 2.15. The second-order valence-corrected chi connectivity index (χ2v) is 5.34. The highest BCUT2D eigenvalue weighted by molar-refractivity contribution is 7.13. The predicted octanol–water partition coefficient (Wildman–Crippen LogP) is 4.21. The Bertz CT molecular complexity index is 768. The molecule has 0 saturated heterocycles. The second kappa shape index (κ2) is 5.54. The highest BCUT2D eigenvalue weighted by Crippen LogP contribution is 2.36. The van der Waals surface area contributed by atoms with Crippen molar-refractivity contribution in [1.82, 2.24) is 4.98 Å². The van der Waals surface area contributed by atoms with Gasteiger partial charge in [-0.2, -0.15) is 0 Å². The number of aromatic nitrogens is 1. The number of anilines is 1. The molecule has 0 unspecified atom stereocenters. The quantitative estimate of drug-likeness (QED) is 0.737. The van der Waals surface area contributed by atoms with E-state index in [4.69, 9.17) is 10.5 Å². The van der Waals surface area contributed by atoms with Crippen molar-refractivity contribution >= 4 is 17.0 Å². The zero-order chi connectivity index (χ0) is 14.8. The van der Waals surface area contributed by atoms with Crippen LogP contribution in [-0.4, -0.2) is 12.1 Å². The molecule has 0 aliphatic heterocycles. The Balaban J connectivity index is 2.05. The molecule has 3 rings (SSSR count). The molecule has 3 aromatic rings. The van der Waals surface area contributed by atoms with Gasteiger partial charge < -0.3 is 10.5 Å². The zero-order valence-corrected chi connectivity index (χ0v) is 12.2.